The first-order valence-corrected chi connectivity index (χ1v) is 19.9. The second kappa shape index (κ2) is 14.5. The SMILES string of the molecule is c1ccc(-c2ccccc2-c2nc(-c3ccc(-c4ccc(-c5cccc6oc7ccccc7c56)c5ccccc45)cc3)nc(-c3ccccc3-c3ccccc3)n2)cc1. The van der Waals surface area contributed by atoms with Crippen molar-refractivity contribution in [2.45, 2.75) is 0 Å². The monoisotopic (exact) mass is 753 g/mol. The number of nitrogens with zero attached hydrogens (tertiary/aromatic N) is 3. The smallest absolute Gasteiger partial charge is 0.164 e. The summed E-state index contributed by atoms with van der Waals surface area (Å²) in [4.78, 5) is 15.6. The second-order valence-corrected chi connectivity index (χ2v) is 14.7. The predicted octanol–water partition coefficient (Wildman–Crippen LogP) is 14.6. The molecule has 4 nitrogen and oxygen atoms in total. The predicted molar refractivity (Wildman–Crippen MR) is 243 cm³/mol. The van der Waals surface area contributed by atoms with Crippen LogP contribution in [0.15, 0.2) is 217 Å². The molecular weight excluding hydrogens is 719 g/mol. The molecule has 0 saturated carbocycles. The molecule has 276 valence electrons. The van der Waals surface area contributed by atoms with E-state index < -0.39 is 0 Å². The molecule has 11 rings (SSSR count). The summed E-state index contributed by atoms with van der Waals surface area (Å²) in [5.74, 6) is 1.86. The van der Waals surface area contributed by atoms with Crippen molar-refractivity contribution in [2.75, 3.05) is 0 Å². The quantitative estimate of drug-likeness (QED) is 0.163. The average Bonchev–Trinajstić information content (AvgIpc) is 3.71. The minimum Gasteiger partial charge on any atom is -0.456 e. The summed E-state index contributed by atoms with van der Waals surface area (Å²) in [6, 6.07) is 73.9. The van der Waals surface area contributed by atoms with Gasteiger partial charge in [-0.15, -0.1) is 0 Å². The maximum atomic E-state index is 6.27. The van der Waals surface area contributed by atoms with Crippen LogP contribution in [0.4, 0.5) is 0 Å². The van der Waals surface area contributed by atoms with E-state index >= 15 is 0 Å². The molecule has 0 aliphatic carbocycles. The Hall–Kier alpha value is -7.95. The van der Waals surface area contributed by atoms with E-state index in [4.69, 9.17) is 19.4 Å². The third-order valence-corrected chi connectivity index (χ3v) is 11.2. The summed E-state index contributed by atoms with van der Waals surface area (Å²) in [7, 11) is 0. The molecule has 0 fully saturated rings. The maximum Gasteiger partial charge on any atom is 0.164 e. The summed E-state index contributed by atoms with van der Waals surface area (Å²) in [6.07, 6.45) is 0. The number of furan rings is 1. The number of fused-ring (bicyclic) bond motifs is 4. The van der Waals surface area contributed by atoms with Crippen LogP contribution in [-0.4, -0.2) is 15.0 Å². The van der Waals surface area contributed by atoms with Crippen molar-refractivity contribution < 1.29 is 4.42 Å². The molecule has 0 bridgehead atoms. The topological polar surface area (TPSA) is 51.8 Å². The van der Waals surface area contributed by atoms with E-state index in [-0.39, 0.29) is 0 Å². The summed E-state index contributed by atoms with van der Waals surface area (Å²) in [6.45, 7) is 0. The summed E-state index contributed by atoms with van der Waals surface area (Å²) >= 11 is 0. The van der Waals surface area contributed by atoms with Gasteiger partial charge in [0, 0.05) is 27.5 Å². The Kier molecular flexibility index (Phi) is 8.45. The van der Waals surface area contributed by atoms with Gasteiger partial charge < -0.3 is 4.42 Å². The van der Waals surface area contributed by atoms with Crippen LogP contribution in [0.2, 0.25) is 0 Å². The lowest BCUT2D eigenvalue weighted by Crippen LogP contribution is -2.02. The Labute approximate surface area is 341 Å². The van der Waals surface area contributed by atoms with Crippen LogP contribution in [0.3, 0.4) is 0 Å². The molecule has 11 aromatic rings. The van der Waals surface area contributed by atoms with Gasteiger partial charge in [-0.2, -0.15) is 0 Å². The third-order valence-electron chi connectivity index (χ3n) is 11.2. The van der Waals surface area contributed by atoms with Gasteiger partial charge in [-0.1, -0.05) is 200 Å². The Bertz CT molecular complexity index is 3210. The molecule has 2 heterocycles. The Morgan fingerprint density at radius 1 is 0.237 bits per heavy atom. The normalized spacial score (nSPS) is 11.4. The first-order chi connectivity index (χ1) is 29.3. The van der Waals surface area contributed by atoms with Gasteiger partial charge in [0.25, 0.3) is 0 Å². The third kappa shape index (κ3) is 6.15. The van der Waals surface area contributed by atoms with Crippen molar-refractivity contribution in [3.05, 3.63) is 212 Å². The number of hydrogen-bond acceptors (Lipinski definition) is 4. The molecule has 0 aliphatic heterocycles. The van der Waals surface area contributed by atoms with E-state index in [0.717, 1.165) is 77.6 Å². The maximum absolute atomic E-state index is 6.27. The molecular formula is C55H35N3O. The molecule has 0 radical (unpaired) electrons. The standard InChI is InChI=1S/C55H35N3O/c1-3-16-36(17-4-1)40-20-7-11-24-47(40)54-56-53(57-55(58-54)48-25-12-8-21-41(48)37-18-5-2-6-19-37)39-32-30-38(31-33-39)42-34-35-45(44-23-10-9-22-43(42)44)46-27-15-29-51-52(46)49-26-13-14-28-50(49)59-51/h1-35H. The highest BCUT2D eigenvalue weighted by atomic mass is 16.3. The zero-order valence-electron chi connectivity index (χ0n) is 32.0. The fourth-order valence-electron chi connectivity index (χ4n) is 8.42. The second-order valence-electron chi connectivity index (χ2n) is 14.7. The Morgan fingerprint density at radius 2 is 0.661 bits per heavy atom. The number of benzene rings is 9. The lowest BCUT2D eigenvalue weighted by Gasteiger charge is -2.15. The van der Waals surface area contributed by atoms with Crippen molar-refractivity contribution >= 4 is 32.7 Å². The van der Waals surface area contributed by atoms with Crippen molar-refractivity contribution in [2.24, 2.45) is 0 Å². The fraction of sp³-hybridized carbons (Fsp3) is 0. The van der Waals surface area contributed by atoms with Gasteiger partial charge >= 0.3 is 0 Å². The van der Waals surface area contributed by atoms with Crippen molar-refractivity contribution in [1.29, 1.82) is 0 Å². The molecule has 0 saturated heterocycles. The van der Waals surface area contributed by atoms with E-state index in [1.54, 1.807) is 0 Å². The molecule has 9 aromatic carbocycles. The highest BCUT2D eigenvalue weighted by Gasteiger charge is 2.19. The zero-order chi connectivity index (χ0) is 39.1. The highest BCUT2D eigenvalue weighted by molar-refractivity contribution is 6.16. The first kappa shape index (κ1) is 34.3. The minimum atomic E-state index is 0.614. The molecule has 0 aliphatic rings. The number of para-hydroxylation sites is 1. The van der Waals surface area contributed by atoms with E-state index in [9.17, 15) is 0 Å². The number of hydrogen-bond donors (Lipinski definition) is 0. The van der Waals surface area contributed by atoms with Gasteiger partial charge in [-0.05, 0) is 67.4 Å². The van der Waals surface area contributed by atoms with Crippen molar-refractivity contribution in [3.63, 3.8) is 0 Å². The van der Waals surface area contributed by atoms with E-state index in [1.165, 1.54) is 16.3 Å². The highest BCUT2D eigenvalue weighted by Crippen LogP contribution is 2.42. The van der Waals surface area contributed by atoms with Crippen LogP contribution >= 0.6 is 0 Å². The van der Waals surface area contributed by atoms with Gasteiger partial charge in [-0.3, -0.25) is 0 Å². The van der Waals surface area contributed by atoms with Crippen LogP contribution in [0, 0.1) is 0 Å². The molecule has 4 heteroatoms. The van der Waals surface area contributed by atoms with Gasteiger partial charge in [0.05, 0.1) is 0 Å². The first-order valence-electron chi connectivity index (χ1n) is 19.9. The Morgan fingerprint density at radius 3 is 1.29 bits per heavy atom. The van der Waals surface area contributed by atoms with Crippen LogP contribution in [-0.2, 0) is 0 Å². The van der Waals surface area contributed by atoms with Crippen LogP contribution in [0.5, 0.6) is 0 Å². The van der Waals surface area contributed by atoms with E-state index in [1.807, 2.05) is 36.4 Å². The van der Waals surface area contributed by atoms with Gasteiger partial charge in [0.2, 0.25) is 0 Å². The van der Waals surface area contributed by atoms with Crippen LogP contribution < -0.4 is 0 Å². The lowest BCUT2D eigenvalue weighted by atomic mass is 9.90. The molecule has 59 heavy (non-hydrogen) atoms. The van der Waals surface area contributed by atoms with Crippen molar-refractivity contribution in [1.82, 2.24) is 15.0 Å². The summed E-state index contributed by atoms with van der Waals surface area (Å²) < 4.78 is 6.27. The minimum absolute atomic E-state index is 0.614. The molecule has 0 unspecified atom stereocenters. The lowest BCUT2D eigenvalue weighted by molar-refractivity contribution is 0.669. The average molecular weight is 754 g/mol. The van der Waals surface area contributed by atoms with E-state index in [2.05, 4.69) is 176 Å². The fourth-order valence-corrected chi connectivity index (χ4v) is 8.42. The molecule has 0 spiro atoms. The van der Waals surface area contributed by atoms with Gasteiger partial charge in [0.15, 0.2) is 17.5 Å². The van der Waals surface area contributed by atoms with Gasteiger partial charge in [-0.25, -0.2) is 15.0 Å². The number of aromatic nitrogens is 3. The molecule has 0 N–H and O–H groups in total. The van der Waals surface area contributed by atoms with Crippen LogP contribution in [0.1, 0.15) is 0 Å². The van der Waals surface area contributed by atoms with Crippen molar-refractivity contribution in [3.8, 4) is 78.7 Å². The molecule has 2 aromatic heterocycles. The largest absolute Gasteiger partial charge is 0.456 e. The van der Waals surface area contributed by atoms with Gasteiger partial charge in [0.1, 0.15) is 11.2 Å². The molecule has 0 amide bonds. The zero-order valence-corrected chi connectivity index (χ0v) is 32.0. The molecule has 0 atom stereocenters. The Balaban J connectivity index is 1.04. The number of rotatable bonds is 7. The summed E-state index contributed by atoms with van der Waals surface area (Å²) in [5, 5.41) is 4.63. The van der Waals surface area contributed by atoms with E-state index in [0.29, 0.717) is 17.5 Å². The van der Waals surface area contributed by atoms with Crippen LogP contribution in [0.25, 0.3) is 111 Å². The summed E-state index contributed by atoms with van der Waals surface area (Å²) in [5.41, 5.74) is 13.5.